The van der Waals surface area contributed by atoms with Crippen LogP contribution in [0.25, 0.3) is 11.3 Å². The molecule has 1 unspecified atom stereocenters. The molecule has 3 nitrogen and oxygen atoms in total. The van der Waals surface area contributed by atoms with E-state index >= 15 is 0 Å². The highest BCUT2D eigenvalue weighted by Gasteiger charge is 2.12. The summed E-state index contributed by atoms with van der Waals surface area (Å²) in [6.07, 6.45) is 1.71. The first-order valence-electron chi connectivity index (χ1n) is 8.26. The highest BCUT2D eigenvalue weighted by atomic mass is 32.1. The molecule has 0 aliphatic heterocycles. The van der Waals surface area contributed by atoms with Gasteiger partial charge in [0.15, 0.2) is 0 Å². The quantitative estimate of drug-likeness (QED) is 0.639. The van der Waals surface area contributed by atoms with E-state index in [9.17, 15) is 0 Å². The van der Waals surface area contributed by atoms with Crippen LogP contribution in [0, 0.1) is 0 Å². The second kappa shape index (κ2) is 8.73. The molecule has 1 heterocycles. The molecule has 0 fully saturated rings. The van der Waals surface area contributed by atoms with Crippen LogP contribution < -0.4 is 5.32 Å². The maximum absolute atomic E-state index is 9.14. The van der Waals surface area contributed by atoms with Gasteiger partial charge in [-0.25, -0.2) is 4.98 Å². The van der Waals surface area contributed by atoms with Crippen molar-refractivity contribution in [1.29, 1.82) is 0 Å². The molecule has 2 aromatic carbocycles. The van der Waals surface area contributed by atoms with Crippen LogP contribution in [0.4, 0.5) is 0 Å². The first-order valence-corrected chi connectivity index (χ1v) is 9.14. The topological polar surface area (TPSA) is 45.1 Å². The van der Waals surface area contributed by atoms with Crippen LogP contribution in [0.15, 0.2) is 66.0 Å². The van der Waals surface area contributed by atoms with Gasteiger partial charge in [0.05, 0.1) is 5.69 Å². The molecule has 124 valence electrons. The average Bonchev–Trinajstić information content (AvgIpc) is 3.12. The van der Waals surface area contributed by atoms with E-state index in [-0.39, 0.29) is 12.6 Å². The summed E-state index contributed by atoms with van der Waals surface area (Å²) in [6.45, 7) is 0.961. The molecule has 2 N–H and O–H groups in total. The highest BCUT2D eigenvalue weighted by Crippen LogP contribution is 2.23. The number of rotatable bonds is 8. The molecular formula is C20H22N2OS. The van der Waals surface area contributed by atoms with E-state index in [4.69, 9.17) is 10.1 Å². The zero-order chi connectivity index (χ0) is 16.6. The fourth-order valence-corrected chi connectivity index (χ4v) is 3.47. The molecular weight excluding hydrogens is 316 g/mol. The lowest BCUT2D eigenvalue weighted by Crippen LogP contribution is -2.21. The van der Waals surface area contributed by atoms with E-state index in [1.54, 1.807) is 11.3 Å². The lowest BCUT2D eigenvalue weighted by Gasteiger charge is -2.18. The third kappa shape index (κ3) is 4.51. The van der Waals surface area contributed by atoms with Crippen molar-refractivity contribution < 1.29 is 5.11 Å². The van der Waals surface area contributed by atoms with E-state index in [0.717, 1.165) is 35.7 Å². The molecule has 3 rings (SSSR count). The van der Waals surface area contributed by atoms with Gasteiger partial charge < -0.3 is 10.4 Å². The maximum atomic E-state index is 9.14. The summed E-state index contributed by atoms with van der Waals surface area (Å²) in [6, 6.07) is 20.9. The molecule has 3 aromatic rings. The molecule has 4 heteroatoms. The summed E-state index contributed by atoms with van der Waals surface area (Å²) < 4.78 is 0. The predicted molar refractivity (Wildman–Crippen MR) is 99.9 cm³/mol. The van der Waals surface area contributed by atoms with Crippen LogP contribution in [0.1, 0.15) is 29.5 Å². The summed E-state index contributed by atoms with van der Waals surface area (Å²) in [7, 11) is 0. The summed E-state index contributed by atoms with van der Waals surface area (Å²) in [4.78, 5) is 4.73. The lowest BCUT2D eigenvalue weighted by atomic mass is 10.0. The average molecular weight is 338 g/mol. The Labute approximate surface area is 147 Å². The number of hydrogen-bond acceptors (Lipinski definition) is 4. The van der Waals surface area contributed by atoms with Crippen LogP contribution in [0.2, 0.25) is 0 Å². The summed E-state index contributed by atoms with van der Waals surface area (Å²) in [5.74, 6) is 0. The Balaban J connectivity index is 1.65. The number of aromatic nitrogens is 1. The van der Waals surface area contributed by atoms with Gasteiger partial charge in [0, 0.05) is 30.1 Å². The first kappa shape index (κ1) is 16.8. The highest BCUT2D eigenvalue weighted by molar-refractivity contribution is 7.09. The number of benzene rings is 2. The minimum Gasteiger partial charge on any atom is -0.396 e. The Morgan fingerprint density at radius 1 is 1.00 bits per heavy atom. The monoisotopic (exact) mass is 338 g/mol. The minimum atomic E-state index is 0.223. The van der Waals surface area contributed by atoms with E-state index in [1.807, 2.05) is 24.3 Å². The van der Waals surface area contributed by atoms with Gasteiger partial charge in [0.25, 0.3) is 0 Å². The van der Waals surface area contributed by atoms with E-state index < -0.39 is 0 Å². The second-order valence-electron chi connectivity index (χ2n) is 5.70. The number of aliphatic hydroxyl groups is 1. The zero-order valence-corrected chi connectivity index (χ0v) is 14.4. The fourth-order valence-electron chi connectivity index (χ4n) is 2.71. The van der Waals surface area contributed by atoms with Gasteiger partial charge in [-0.3, -0.25) is 0 Å². The van der Waals surface area contributed by atoms with Gasteiger partial charge in [-0.15, -0.1) is 11.3 Å². The van der Waals surface area contributed by atoms with Crippen LogP contribution in [-0.4, -0.2) is 16.7 Å². The third-order valence-electron chi connectivity index (χ3n) is 3.97. The van der Waals surface area contributed by atoms with Crippen molar-refractivity contribution in [2.75, 3.05) is 6.61 Å². The van der Waals surface area contributed by atoms with Crippen molar-refractivity contribution in [3.63, 3.8) is 0 Å². The molecule has 24 heavy (non-hydrogen) atoms. The maximum Gasteiger partial charge on any atom is 0.107 e. The summed E-state index contributed by atoms with van der Waals surface area (Å²) >= 11 is 1.68. The van der Waals surface area contributed by atoms with E-state index in [1.165, 1.54) is 5.56 Å². The van der Waals surface area contributed by atoms with E-state index in [2.05, 4.69) is 47.1 Å². The van der Waals surface area contributed by atoms with Gasteiger partial charge in [0.2, 0.25) is 0 Å². The second-order valence-corrected chi connectivity index (χ2v) is 6.65. The SMILES string of the molecule is OCCCC(NCc1nc(-c2ccccc2)cs1)c1ccccc1. The van der Waals surface area contributed by atoms with Crippen LogP contribution >= 0.6 is 11.3 Å². The molecule has 0 aliphatic rings. The molecule has 0 spiro atoms. The molecule has 0 saturated heterocycles. The third-order valence-corrected chi connectivity index (χ3v) is 4.82. The Hall–Kier alpha value is -2.01. The first-order chi connectivity index (χ1) is 11.9. The Bertz CT molecular complexity index is 728. The van der Waals surface area contributed by atoms with Gasteiger partial charge in [-0.05, 0) is 18.4 Å². The van der Waals surface area contributed by atoms with Crippen molar-refractivity contribution in [3.05, 3.63) is 76.6 Å². The number of hydrogen-bond donors (Lipinski definition) is 2. The Morgan fingerprint density at radius 3 is 2.42 bits per heavy atom. The summed E-state index contributed by atoms with van der Waals surface area (Å²) in [5.41, 5.74) is 3.44. The van der Waals surface area contributed by atoms with Gasteiger partial charge in [0.1, 0.15) is 5.01 Å². The van der Waals surface area contributed by atoms with Crippen molar-refractivity contribution in [3.8, 4) is 11.3 Å². The molecule has 1 atom stereocenters. The molecule has 1 aromatic heterocycles. The molecule has 0 bridgehead atoms. The van der Waals surface area contributed by atoms with Gasteiger partial charge in [-0.2, -0.15) is 0 Å². The van der Waals surface area contributed by atoms with Gasteiger partial charge >= 0.3 is 0 Å². The predicted octanol–water partition coefficient (Wildman–Crippen LogP) is 4.41. The van der Waals surface area contributed by atoms with Crippen molar-refractivity contribution in [1.82, 2.24) is 10.3 Å². The van der Waals surface area contributed by atoms with Crippen LogP contribution in [-0.2, 0) is 6.54 Å². The number of nitrogens with one attached hydrogen (secondary N) is 1. The van der Waals surface area contributed by atoms with Crippen LogP contribution in [0.3, 0.4) is 0 Å². The van der Waals surface area contributed by atoms with Crippen molar-refractivity contribution in [2.45, 2.75) is 25.4 Å². The minimum absolute atomic E-state index is 0.223. The van der Waals surface area contributed by atoms with Crippen molar-refractivity contribution in [2.24, 2.45) is 0 Å². The number of nitrogens with zero attached hydrogens (tertiary/aromatic N) is 1. The van der Waals surface area contributed by atoms with Crippen LogP contribution in [0.5, 0.6) is 0 Å². The summed E-state index contributed by atoms with van der Waals surface area (Å²) in [5, 5.41) is 15.9. The van der Waals surface area contributed by atoms with E-state index in [0.29, 0.717) is 0 Å². The molecule has 0 amide bonds. The number of aliphatic hydroxyl groups excluding tert-OH is 1. The largest absolute Gasteiger partial charge is 0.396 e. The smallest absolute Gasteiger partial charge is 0.107 e. The lowest BCUT2D eigenvalue weighted by molar-refractivity contribution is 0.275. The Kier molecular flexibility index (Phi) is 6.13. The Morgan fingerprint density at radius 2 is 1.71 bits per heavy atom. The standard InChI is InChI=1S/C20H22N2OS/c23-13-7-12-18(16-8-3-1-4-9-16)21-14-20-22-19(15-24-20)17-10-5-2-6-11-17/h1-6,8-11,15,18,21,23H,7,12-14H2. The molecule has 0 radical (unpaired) electrons. The number of thiazole rings is 1. The molecule has 0 aliphatic carbocycles. The fraction of sp³-hybridized carbons (Fsp3) is 0.250. The van der Waals surface area contributed by atoms with Crippen molar-refractivity contribution >= 4 is 11.3 Å². The van der Waals surface area contributed by atoms with Gasteiger partial charge in [-0.1, -0.05) is 60.7 Å². The molecule has 0 saturated carbocycles. The normalized spacial score (nSPS) is 12.2. The zero-order valence-electron chi connectivity index (χ0n) is 13.6.